The number of carbonyl (C=O) groups excluding carboxylic acids is 2. The van der Waals surface area contributed by atoms with Crippen molar-refractivity contribution in [1.29, 1.82) is 0 Å². The molecule has 1 amide bonds. The van der Waals surface area contributed by atoms with Gasteiger partial charge in [-0.2, -0.15) is 0 Å². The van der Waals surface area contributed by atoms with Gasteiger partial charge in [-0.15, -0.1) is 0 Å². The molecule has 0 radical (unpaired) electrons. The zero-order chi connectivity index (χ0) is 17.4. The van der Waals surface area contributed by atoms with Crippen LogP contribution in [0, 0.1) is 6.57 Å². The minimum absolute atomic E-state index is 0.0347. The monoisotopic (exact) mass is 323 g/mol. The lowest BCUT2D eigenvalue weighted by Gasteiger charge is -2.32. The average molecular weight is 323 g/mol. The SMILES string of the molecule is C#[N+][C@H]1CC(C(=O)OCC)=C[C@@H](OC(CC)CC)[C@@H]1NC(C)=O. The molecule has 0 fully saturated rings. The minimum atomic E-state index is -0.464. The lowest BCUT2D eigenvalue weighted by molar-refractivity contribution is -0.139. The summed E-state index contributed by atoms with van der Waals surface area (Å²) in [5.74, 6) is -0.574. The maximum atomic E-state index is 12.0. The zero-order valence-electron chi connectivity index (χ0n) is 14.4. The normalized spacial score (nSPS) is 23.8. The van der Waals surface area contributed by atoms with E-state index >= 15 is 0 Å². The molecule has 3 atom stereocenters. The Bertz CT molecular complexity index is 491. The number of hydrogen-bond acceptors (Lipinski definition) is 4. The van der Waals surface area contributed by atoms with Crippen LogP contribution >= 0.6 is 0 Å². The largest absolute Gasteiger partial charge is 0.463 e. The van der Waals surface area contributed by atoms with Gasteiger partial charge < -0.3 is 14.8 Å². The third kappa shape index (κ3) is 5.36. The van der Waals surface area contributed by atoms with E-state index in [0.717, 1.165) is 12.8 Å². The average Bonchev–Trinajstić information content (AvgIpc) is 2.53. The fourth-order valence-corrected chi connectivity index (χ4v) is 2.70. The van der Waals surface area contributed by atoms with Crippen molar-refractivity contribution in [2.45, 2.75) is 71.2 Å². The van der Waals surface area contributed by atoms with E-state index in [2.05, 4.69) is 10.2 Å². The predicted octanol–water partition coefficient (Wildman–Crippen LogP) is 2.29. The van der Waals surface area contributed by atoms with Gasteiger partial charge in [0.1, 0.15) is 12.1 Å². The van der Waals surface area contributed by atoms with E-state index in [4.69, 9.17) is 16.0 Å². The molecule has 0 unspecified atom stereocenters. The molecule has 23 heavy (non-hydrogen) atoms. The third-order valence-corrected chi connectivity index (χ3v) is 3.92. The van der Waals surface area contributed by atoms with Crippen LogP contribution in [0.1, 0.15) is 47.0 Å². The Morgan fingerprint density at radius 2 is 2.04 bits per heavy atom. The molecule has 0 bridgehead atoms. The molecule has 0 aromatic rings. The van der Waals surface area contributed by atoms with E-state index < -0.39 is 18.2 Å². The second-order valence-electron chi connectivity index (χ2n) is 5.60. The Morgan fingerprint density at radius 3 is 2.52 bits per heavy atom. The summed E-state index contributed by atoms with van der Waals surface area (Å²) >= 11 is 0. The van der Waals surface area contributed by atoms with Gasteiger partial charge in [-0.05, 0) is 25.8 Å². The van der Waals surface area contributed by atoms with Crippen molar-refractivity contribution >= 4 is 11.9 Å². The van der Waals surface area contributed by atoms with Crippen LogP contribution in [0.3, 0.4) is 0 Å². The molecular formula is C17H27N2O4+. The van der Waals surface area contributed by atoms with E-state index in [1.807, 2.05) is 13.8 Å². The van der Waals surface area contributed by atoms with Gasteiger partial charge in [0.05, 0.1) is 19.1 Å². The highest BCUT2D eigenvalue weighted by Gasteiger charge is 2.43. The molecule has 6 nitrogen and oxygen atoms in total. The number of hydrogen-bond donors (Lipinski definition) is 1. The van der Waals surface area contributed by atoms with Crippen molar-refractivity contribution in [3.63, 3.8) is 0 Å². The smallest absolute Gasteiger partial charge is 0.334 e. The van der Waals surface area contributed by atoms with Crippen molar-refractivity contribution in [3.8, 4) is 6.57 Å². The molecule has 0 aromatic carbocycles. The summed E-state index contributed by atoms with van der Waals surface area (Å²) < 4.78 is 11.1. The predicted molar refractivity (Wildman–Crippen MR) is 88.3 cm³/mol. The first-order chi connectivity index (χ1) is 11.0. The topological polar surface area (TPSA) is 69.0 Å². The van der Waals surface area contributed by atoms with Crippen LogP contribution in [-0.4, -0.2) is 42.8 Å². The van der Waals surface area contributed by atoms with Crippen molar-refractivity contribution in [3.05, 3.63) is 16.5 Å². The zero-order valence-corrected chi connectivity index (χ0v) is 14.4. The molecule has 0 aliphatic heterocycles. The Morgan fingerprint density at radius 1 is 1.39 bits per heavy atom. The van der Waals surface area contributed by atoms with Gasteiger partial charge in [0.2, 0.25) is 5.91 Å². The van der Waals surface area contributed by atoms with Crippen molar-refractivity contribution in [1.82, 2.24) is 5.32 Å². The fraction of sp³-hybridized carbons (Fsp3) is 0.706. The number of esters is 1. The van der Waals surface area contributed by atoms with Crippen LogP contribution in [0.4, 0.5) is 0 Å². The number of carbonyl (C=O) groups is 2. The van der Waals surface area contributed by atoms with E-state index in [0.29, 0.717) is 18.6 Å². The van der Waals surface area contributed by atoms with Gasteiger partial charge >= 0.3 is 5.97 Å². The third-order valence-electron chi connectivity index (χ3n) is 3.92. The van der Waals surface area contributed by atoms with Crippen LogP contribution in [0.2, 0.25) is 0 Å². The van der Waals surface area contributed by atoms with Gasteiger partial charge in [0, 0.05) is 12.5 Å². The Labute approximate surface area is 138 Å². The number of ether oxygens (including phenoxy) is 2. The lowest BCUT2D eigenvalue weighted by Crippen LogP contribution is -2.52. The highest BCUT2D eigenvalue weighted by molar-refractivity contribution is 5.89. The first-order valence-electron chi connectivity index (χ1n) is 8.17. The van der Waals surface area contributed by atoms with Gasteiger partial charge in [-0.3, -0.25) is 4.79 Å². The number of rotatable bonds is 7. The van der Waals surface area contributed by atoms with Gasteiger partial charge in [-0.1, -0.05) is 18.7 Å². The summed E-state index contributed by atoms with van der Waals surface area (Å²) in [5, 5.41) is 2.84. The van der Waals surface area contributed by atoms with E-state index in [1.54, 1.807) is 13.0 Å². The van der Waals surface area contributed by atoms with Gasteiger partial charge in [0.15, 0.2) is 0 Å². The fourth-order valence-electron chi connectivity index (χ4n) is 2.70. The Kier molecular flexibility index (Phi) is 7.76. The summed E-state index contributed by atoms with van der Waals surface area (Å²) in [5.41, 5.74) is 0.489. The highest BCUT2D eigenvalue weighted by Crippen LogP contribution is 2.27. The molecule has 0 spiro atoms. The standard InChI is InChI=1S/C17H26N2O4/c1-6-13(7-2)23-15-10-12(17(21)22-8-3)9-14(18-5)16(15)19-11(4)20/h5,10,13-16H,6-9H2,1-4H3/p+1/t14-,15+,16+/m0/s1. The Hall–Kier alpha value is -1.87. The molecule has 1 aliphatic carbocycles. The summed E-state index contributed by atoms with van der Waals surface area (Å²) in [6, 6.07) is -0.820. The second-order valence-corrected chi connectivity index (χ2v) is 5.60. The van der Waals surface area contributed by atoms with E-state index in [-0.39, 0.29) is 18.0 Å². The summed E-state index contributed by atoms with van der Waals surface area (Å²) in [6.07, 6.45) is 3.31. The van der Waals surface area contributed by atoms with E-state index in [9.17, 15) is 9.59 Å². The van der Waals surface area contributed by atoms with Crippen LogP contribution in [0.15, 0.2) is 11.6 Å². The molecule has 128 valence electrons. The molecule has 1 aliphatic rings. The molecule has 0 saturated heterocycles. The second kappa shape index (κ2) is 9.31. The first-order valence-corrected chi connectivity index (χ1v) is 8.17. The van der Waals surface area contributed by atoms with Crippen molar-refractivity contribution in [2.24, 2.45) is 0 Å². The number of amides is 1. The van der Waals surface area contributed by atoms with Crippen LogP contribution in [-0.2, 0) is 19.1 Å². The first kappa shape index (κ1) is 19.2. The molecule has 0 saturated carbocycles. The molecule has 1 N–H and O–H groups in total. The Balaban J connectivity index is 3.09. The summed E-state index contributed by atoms with van der Waals surface area (Å²) in [7, 11) is 0. The van der Waals surface area contributed by atoms with Crippen LogP contribution in [0.5, 0.6) is 0 Å². The van der Waals surface area contributed by atoms with Crippen molar-refractivity contribution in [2.75, 3.05) is 6.61 Å². The molecule has 0 heterocycles. The summed E-state index contributed by atoms with van der Waals surface area (Å²) in [6.45, 7) is 13.1. The quantitative estimate of drug-likeness (QED) is 0.730. The van der Waals surface area contributed by atoms with Gasteiger partial charge in [-0.25, -0.2) is 4.79 Å². The number of nitrogens with one attached hydrogen (secondary N) is 1. The maximum Gasteiger partial charge on any atom is 0.334 e. The highest BCUT2D eigenvalue weighted by atomic mass is 16.5. The molecule has 1 rings (SSSR count). The minimum Gasteiger partial charge on any atom is -0.463 e. The van der Waals surface area contributed by atoms with Gasteiger partial charge in [0.25, 0.3) is 12.6 Å². The number of nitrogens with zero attached hydrogens (tertiary/aromatic N) is 1. The lowest BCUT2D eigenvalue weighted by atomic mass is 9.88. The van der Waals surface area contributed by atoms with Crippen LogP contribution < -0.4 is 5.32 Å². The molecular weight excluding hydrogens is 296 g/mol. The summed E-state index contributed by atoms with van der Waals surface area (Å²) in [4.78, 5) is 27.4. The van der Waals surface area contributed by atoms with E-state index in [1.165, 1.54) is 6.92 Å². The molecule has 0 aromatic heterocycles. The molecule has 6 heteroatoms. The van der Waals surface area contributed by atoms with Crippen molar-refractivity contribution < 1.29 is 19.1 Å². The maximum absolute atomic E-state index is 12.0. The van der Waals surface area contributed by atoms with Crippen LogP contribution in [0.25, 0.3) is 4.85 Å².